The number of thiophene rings is 1. The molecule has 2 aromatic rings. The van der Waals surface area contributed by atoms with Gasteiger partial charge in [-0.2, -0.15) is 0 Å². The summed E-state index contributed by atoms with van der Waals surface area (Å²) in [5.41, 5.74) is 1.09. The molecule has 2 aromatic heterocycles. The van der Waals surface area contributed by atoms with Crippen LogP contribution in [0, 0.1) is 0 Å². The van der Waals surface area contributed by atoms with E-state index in [4.69, 9.17) is 0 Å². The van der Waals surface area contributed by atoms with Crippen molar-refractivity contribution in [2.45, 2.75) is 32.6 Å². The first-order valence-electron chi connectivity index (χ1n) is 5.08. The Bertz CT molecular complexity index is 375. The van der Waals surface area contributed by atoms with Gasteiger partial charge in [0.25, 0.3) is 0 Å². The molecule has 0 aliphatic carbocycles. The van der Waals surface area contributed by atoms with Crippen molar-refractivity contribution in [1.82, 2.24) is 9.97 Å². The van der Waals surface area contributed by atoms with Crippen LogP contribution in [0.5, 0.6) is 0 Å². The second-order valence-electron chi connectivity index (χ2n) is 3.44. The summed E-state index contributed by atoms with van der Waals surface area (Å²) in [4.78, 5) is 9.69. The Balaban J connectivity index is 2.11. The fourth-order valence-electron chi connectivity index (χ4n) is 1.51. The van der Waals surface area contributed by atoms with E-state index in [1.165, 1.54) is 35.3 Å². The number of rotatable bonds is 4. The maximum Gasteiger partial charge on any atom is 0.116 e. The average Bonchev–Trinajstić information content (AvgIpc) is 2.60. The molecule has 14 heavy (non-hydrogen) atoms. The summed E-state index contributed by atoms with van der Waals surface area (Å²) in [5, 5.41) is 0. The zero-order chi connectivity index (χ0) is 9.80. The van der Waals surface area contributed by atoms with Crippen molar-refractivity contribution in [3.8, 4) is 0 Å². The van der Waals surface area contributed by atoms with Crippen LogP contribution in [0.3, 0.4) is 0 Å². The van der Waals surface area contributed by atoms with Crippen molar-refractivity contribution in [2.24, 2.45) is 0 Å². The van der Waals surface area contributed by atoms with E-state index in [1.807, 2.05) is 17.5 Å². The molecule has 0 spiro atoms. The van der Waals surface area contributed by atoms with Gasteiger partial charge in [0.1, 0.15) is 6.33 Å². The first-order valence-corrected chi connectivity index (χ1v) is 5.90. The van der Waals surface area contributed by atoms with Crippen LogP contribution in [0.15, 0.2) is 18.6 Å². The van der Waals surface area contributed by atoms with E-state index in [9.17, 15) is 0 Å². The summed E-state index contributed by atoms with van der Waals surface area (Å²) in [6, 6.07) is 2.19. The maximum absolute atomic E-state index is 4.23. The third-order valence-electron chi connectivity index (χ3n) is 2.27. The number of aryl methyl sites for hydroxylation is 1. The average molecular weight is 206 g/mol. The van der Waals surface area contributed by atoms with E-state index in [0.29, 0.717) is 0 Å². The third kappa shape index (κ3) is 2.10. The van der Waals surface area contributed by atoms with Gasteiger partial charge in [-0.25, -0.2) is 9.97 Å². The van der Waals surface area contributed by atoms with Crippen LogP contribution in [0.4, 0.5) is 0 Å². The van der Waals surface area contributed by atoms with Crippen LogP contribution in [0.2, 0.25) is 0 Å². The summed E-state index contributed by atoms with van der Waals surface area (Å²) in [6.07, 6.45) is 8.59. The smallest absolute Gasteiger partial charge is 0.116 e. The SMILES string of the molecule is CCCCCc1cc2ncncc2s1. The van der Waals surface area contributed by atoms with E-state index < -0.39 is 0 Å². The predicted molar refractivity (Wildman–Crippen MR) is 60.6 cm³/mol. The molecule has 2 heterocycles. The first-order chi connectivity index (χ1) is 6.90. The van der Waals surface area contributed by atoms with Gasteiger partial charge in [0.15, 0.2) is 0 Å². The summed E-state index contributed by atoms with van der Waals surface area (Å²) >= 11 is 1.82. The van der Waals surface area contributed by atoms with Gasteiger partial charge in [-0.3, -0.25) is 0 Å². The molecule has 0 atom stereocenters. The number of unbranched alkanes of at least 4 members (excludes halogenated alkanes) is 2. The largest absolute Gasteiger partial charge is 0.243 e. The van der Waals surface area contributed by atoms with E-state index in [0.717, 1.165) is 5.52 Å². The minimum Gasteiger partial charge on any atom is -0.243 e. The van der Waals surface area contributed by atoms with Crippen LogP contribution < -0.4 is 0 Å². The zero-order valence-corrected chi connectivity index (χ0v) is 9.18. The van der Waals surface area contributed by atoms with Crippen LogP contribution in [0.1, 0.15) is 31.1 Å². The Morgan fingerprint density at radius 1 is 1.36 bits per heavy atom. The number of fused-ring (bicyclic) bond motifs is 1. The summed E-state index contributed by atoms with van der Waals surface area (Å²) < 4.78 is 1.21. The topological polar surface area (TPSA) is 25.8 Å². The molecule has 0 aliphatic heterocycles. The summed E-state index contributed by atoms with van der Waals surface area (Å²) in [6.45, 7) is 2.23. The molecule has 2 rings (SSSR count). The molecule has 0 aromatic carbocycles. The number of hydrogen-bond acceptors (Lipinski definition) is 3. The van der Waals surface area contributed by atoms with Crippen molar-refractivity contribution in [2.75, 3.05) is 0 Å². The van der Waals surface area contributed by atoms with Crippen molar-refractivity contribution < 1.29 is 0 Å². The quantitative estimate of drug-likeness (QED) is 0.716. The van der Waals surface area contributed by atoms with Crippen molar-refractivity contribution in [1.29, 1.82) is 0 Å². The highest BCUT2D eigenvalue weighted by atomic mass is 32.1. The molecular formula is C11H14N2S. The zero-order valence-electron chi connectivity index (χ0n) is 8.36. The minimum atomic E-state index is 1.09. The molecule has 74 valence electrons. The van der Waals surface area contributed by atoms with Gasteiger partial charge in [-0.05, 0) is 18.9 Å². The molecule has 0 amide bonds. The number of hydrogen-bond donors (Lipinski definition) is 0. The highest BCUT2D eigenvalue weighted by molar-refractivity contribution is 7.18. The highest BCUT2D eigenvalue weighted by Crippen LogP contribution is 2.24. The fourth-order valence-corrected chi connectivity index (χ4v) is 2.54. The lowest BCUT2D eigenvalue weighted by Gasteiger charge is -1.93. The Morgan fingerprint density at radius 3 is 3.07 bits per heavy atom. The molecule has 2 nitrogen and oxygen atoms in total. The van der Waals surface area contributed by atoms with E-state index >= 15 is 0 Å². The van der Waals surface area contributed by atoms with Crippen LogP contribution in [-0.2, 0) is 6.42 Å². The van der Waals surface area contributed by atoms with E-state index in [2.05, 4.69) is 23.0 Å². The fraction of sp³-hybridized carbons (Fsp3) is 0.455. The molecule has 0 unspecified atom stereocenters. The van der Waals surface area contributed by atoms with Crippen LogP contribution >= 0.6 is 11.3 Å². The second-order valence-corrected chi connectivity index (χ2v) is 4.61. The lowest BCUT2D eigenvalue weighted by molar-refractivity contribution is 0.723. The Morgan fingerprint density at radius 2 is 2.29 bits per heavy atom. The molecule has 3 heteroatoms. The van der Waals surface area contributed by atoms with Crippen LogP contribution in [-0.4, -0.2) is 9.97 Å². The molecular weight excluding hydrogens is 192 g/mol. The third-order valence-corrected chi connectivity index (χ3v) is 3.39. The van der Waals surface area contributed by atoms with Gasteiger partial charge >= 0.3 is 0 Å². The van der Waals surface area contributed by atoms with E-state index in [1.54, 1.807) is 6.33 Å². The first kappa shape index (κ1) is 9.59. The lowest BCUT2D eigenvalue weighted by atomic mass is 10.2. The molecule has 0 N–H and O–H groups in total. The normalized spacial score (nSPS) is 10.9. The van der Waals surface area contributed by atoms with Crippen LogP contribution in [0.25, 0.3) is 10.2 Å². The maximum atomic E-state index is 4.23. The summed E-state index contributed by atoms with van der Waals surface area (Å²) in [5.74, 6) is 0. The van der Waals surface area contributed by atoms with Gasteiger partial charge in [0.05, 0.1) is 10.2 Å². The van der Waals surface area contributed by atoms with Gasteiger partial charge in [0, 0.05) is 11.1 Å². The second kappa shape index (κ2) is 4.51. The van der Waals surface area contributed by atoms with Gasteiger partial charge in [-0.15, -0.1) is 11.3 Å². The molecule has 0 radical (unpaired) electrons. The minimum absolute atomic E-state index is 1.09. The van der Waals surface area contributed by atoms with Gasteiger partial charge in [-0.1, -0.05) is 19.8 Å². The van der Waals surface area contributed by atoms with Crippen molar-refractivity contribution in [3.05, 3.63) is 23.5 Å². The number of aromatic nitrogens is 2. The van der Waals surface area contributed by atoms with Gasteiger partial charge in [0.2, 0.25) is 0 Å². The van der Waals surface area contributed by atoms with Crippen molar-refractivity contribution in [3.63, 3.8) is 0 Å². The molecule has 0 saturated heterocycles. The van der Waals surface area contributed by atoms with E-state index in [-0.39, 0.29) is 0 Å². The Hall–Kier alpha value is -0.960. The highest BCUT2D eigenvalue weighted by Gasteiger charge is 2.01. The molecule has 0 bridgehead atoms. The Labute approximate surface area is 88.0 Å². The number of nitrogens with zero attached hydrogens (tertiary/aromatic N) is 2. The molecule has 0 fully saturated rings. The monoisotopic (exact) mass is 206 g/mol. The van der Waals surface area contributed by atoms with Crippen molar-refractivity contribution >= 4 is 21.6 Å². The Kier molecular flexibility index (Phi) is 3.09. The molecule has 0 saturated carbocycles. The standard InChI is InChI=1S/C11H14N2S/c1-2-3-4-5-9-6-10-11(14-9)7-12-8-13-10/h6-8H,2-5H2,1H3. The van der Waals surface area contributed by atoms with Gasteiger partial charge < -0.3 is 0 Å². The summed E-state index contributed by atoms with van der Waals surface area (Å²) in [7, 11) is 0. The molecule has 0 aliphatic rings. The predicted octanol–water partition coefficient (Wildman–Crippen LogP) is 3.42. The lowest BCUT2D eigenvalue weighted by Crippen LogP contribution is -1.79.